The molecule has 1 aromatic rings. The first-order chi connectivity index (χ1) is 13.7. The Morgan fingerprint density at radius 1 is 1.21 bits per heavy atom. The van der Waals surface area contributed by atoms with Gasteiger partial charge in [-0.15, -0.1) is 0 Å². The fourth-order valence-corrected chi connectivity index (χ4v) is 3.37. The Morgan fingerprint density at radius 3 is 2.38 bits per heavy atom. The third-order valence-electron chi connectivity index (χ3n) is 3.59. The molecule has 0 atom stereocenters. The molecule has 2 heterocycles. The van der Waals surface area contributed by atoms with Gasteiger partial charge in [0.1, 0.15) is 4.91 Å². The Balaban J connectivity index is 2.23. The summed E-state index contributed by atoms with van der Waals surface area (Å²) in [6.07, 6.45) is 2.56. The second kappa shape index (κ2) is 9.23. The number of methoxy groups -OCH3 is 2. The van der Waals surface area contributed by atoms with Gasteiger partial charge in [-0.3, -0.25) is 15.6 Å². The molecule has 158 valence electrons. The molecule has 1 aliphatic rings. The molecule has 1 aliphatic heterocycles. The number of amides is 1. The van der Waals surface area contributed by atoms with Crippen LogP contribution < -0.4 is 20.3 Å². The van der Waals surface area contributed by atoms with E-state index in [1.807, 2.05) is 5.43 Å². The summed E-state index contributed by atoms with van der Waals surface area (Å²) < 4.78 is 40.3. The van der Waals surface area contributed by atoms with Crippen molar-refractivity contribution in [3.8, 4) is 11.8 Å². The molecular formula is C16H21N5O7S. The highest BCUT2D eigenvalue weighted by molar-refractivity contribution is 8.09. The third-order valence-corrected chi connectivity index (χ3v) is 5.08. The summed E-state index contributed by atoms with van der Waals surface area (Å²) in [6, 6.07) is 1.39. The van der Waals surface area contributed by atoms with Crippen molar-refractivity contribution in [2.75, 3.05) is 39.8 Å². The van der Waals surface area contributed by atoms with E-state index in [2.05, 4.69) is 15.4 Å². The molecule has 0 bridgehead atoms. The van der Waals surface area contributed by atoms with Crippen molar-refractivity contribution in [3.05, 3.63) is 28.8 Å². The van der Waals surface area contributed by atoms with Crippen molar-refractivity contribution >= 4 is 27.0 Å². The Kier molecular flexibility index (Phi) is 6.98. The minimum absolute atomic E-state index is 0.0576. The molecule has 0 fully saturated rings. The van der Waals surface area contributed by atoms with E-state index >= 15 is 0 Å². The van der Waals surface area contributed by atoms with Crippen LogP contribution in [0.5, 0.6) is 11.8 Å². The van der Waals surface area contributed by atoms with Gasteiger partial charge >= 0.3 is 11.2 Å². The van der Waals surface area contributed by atoms with Crippen LogP contribution in [0.4, 0.5) is 10.7 Å². The molecule has 0 saturated carbocycles. The van der Waals surface area contributed by atoms with E-state index in [-0.39, 0.29) is 36.4 Å². The number of sulfone groups is 1. The lowest BCUT2D eigenvalue weighted by molar-refractivity contribution is -0.138. The average molecular weight is 427 g/mol. The molecule has 29 heavy (non-hydrogen) atoms. The predicted octanol–water partition coefficient (Wildman–Crippen LogP) is 0.221. The number of hydrogen-bond acceptors (Lipinski definition) is 11. The minimum atomic E-state index is -4.59. The zero-order valence-electron chi connectivity index (χ0n) is 16.3. The molecule has 0 aromatic carbocycles. The monoisotopic (exact) mass is 427 g/mol. The lowest BCUT2D eigenvalue weighted by Crippen LogP contribution is -2.37. The number of carbonyl (C=O) groups excluding carboxylic acids is 2. The number of anilines is 1. The zero-order valence-corrected chi connectivity index (χ0v) is 17.1. The smallest absolute Gasteiger partial charge is 0.359 e. The van der Waals surface area contributed by atoms with Crippen molar-refractivity contribution in [3.63, 3.8) is 0 Å². The summed E-state index contributed by atoms with van der Waals surface area (Å²) in [7, 11) is -0.262. The summed E-state index contributed by atoms with van der Waals surface area (Å²) in [5.41, 5.74) is 4.07. The van der Waals surface area contributed by atoms with Crippen LogP contribution in [0.25, 0.3) is 0 Å². The lowest BCUT2D eigenvalue weighted by Gasteiger charge is -2.21. The molecule has 0 saturated heterocycles. The van der Waals surface area contributed by atoms with Crippen LogP contribution in [0.15, 0.2) is 28.8 Å². The van der Waals surface area contributed by atoms with Crippen molar-refractivity contribution in [2.24, 2.45) is 0 Å². The van der Waals surface area contributed by atoms with Crippen LogP contribution in [-0.2, 0) is 19.4 Å². The quantitative estimate of drug-likeness (QED) is 0.454. The van der Waals surface area contributed by atoms with Gasteiger partial charge in [0, 0.05) is 19.8 Å². The van der Waals surface area contributed by atoms with Crippen molar-refractivity contribution < 1.29 is 32.2 Å². The van der Waals surface area contributed by atoms with E-state index < -0.39 is 26.0 Å². The van der Waals surface area contributed by atoms with Gasteiger partial charge < -0.3 is 19.1 Å². The third kappa shape index (κ3) is 5.13. The highest BCUT2D eigenvalue weighted by Crippen LogP contribution is 2.24. The summed E-state index contributed by atoms with van der Waals surface area (Å²) >= 11 is 0. The Bertz CT molecular complexity index is 936. The van der Waals surface area contributed by atoms with E-state index in [4.69, 9.17) is 14.2 Å². The van der Waals surface area contributed by atoms with Crippen molar-refractivity contribution in [2.45, 2.75) is 6.92 Å². The van der Waals surface area contributed by atoms with Gasteiger partial charge in [-0.1, -0.05) is 0 Å². The first-order valence-corrected chi connectivity index (χ1v) is 9.79. The predicted molar refractivity (Wildman–Crippen MR) is 102 cm³/mol. The largest absolute Gasteiger partial charge is 0.481 e. The number of esters is 1. The summed E-state index contributed by atoms with van der Waals surface area (Å²) in [6.45, 7) is 1.93. The van der Waals surface area contributed by atoms with Crippen molar-refractivity contribution in [1.82, 2.24) is 20.3 Å². The zero-order chi connectivity index (χ0) is 21.6. The highest BCUT2D eigenvalue weighted by atomic mass is 32.2. The van der Waals surface area contributed by atoms with E-state index in [9.17, 15) is 18.0 Å². The van der Waals surface area contributed by atoms with Crippen LogP contribution >= 0.6 is 0 Å². The number of rotatable bonds is 7. The number of hydrogen-bond donors (Lipinski definition) is 2. The summed E-state index contributed by atoms with van der Waals surface area (Å²) in [4.78, 5) is 33.3. The minimum Gasteiger partial charge on any atom is -0.481 e. The molecule has 1 aromatic heterocycles. The van der Waals surface area contributed by atoms with Crippen molar-refractivity contribution in [1.29, 1.82) is 0 Å². The van der Waals surface area contributed by atoms with E-state index in [1.165, 1.54) is 37.5 Å². The molecule has 0 spiro atoms. The Labute approximate surface area is 167 Å². The molecule has 13 heteroatoms. The van der Waals surface area contributed by atoms with Gasteiger partial charge in [0.15, 0.2) is 0 Å². The summed E-state index contributed by atoms with van der Waals surface area (Å²) in [5, 5.41) is -1.42. The van der Waals surface area contributed by atoms with E-state index in [1.54, 1.807) is 14.0 Å². The van der Waals surface area contributed by atoms with E-state index in [0.717, 1.165) is 0 Å². The van der Waals surface area contributed by atoms with Crippen LogP contribution in [0.3, 0.4) is 0 Å². The number of ether oxygens (including phenoxy) is 3. The molecule has 1 amide bonds. The van der Waals surface area contributed by atoms with Crippen LogP contribution in [0.1, 0.15) is 6.92 Å². The Morgan fingerprint density at radius 2 is 1.83 bits per heavy atom. The van der Waals surface area contributed by atoms with Gasteiger partial charge in [0.05, 0.1) is 32.5 Å². The Hall–Kier alpha value is -3.35. The number of nitrogens with one attached hydrogen (secondary N) is 2. The maximum atomic E-state index is 12.7. The maximum Gasteiger partial charge on any atom is 0.359 e. The normalized spacial score (nSPS) is 13.7. The van der Waals surface area contributed by atoms with Crippen LogP contribution in [0.2, 0.25) is 0 Å². The number of carbonyl (C=O) groups is 2. The van der Waals surface area contributed by atoms with Crippen LogP contribution in [-0.4, -0.2) is 68.9 Å². The van der Waals surface area contributed by atoms with Gasteiger partial charge in [0.25, 0.3) is 9.84 Å². The number of hydrazine groups is 1. The fraction of sp³-hybridized carbons (Fsp3) is 0.375. The first kappa shape index (κ1) is 21.9. The number of likely N-dealkylation sites (N-methyl/N-ethyl adjacent to an activating group) is 1. The molecule has 0 unspecified atom stereocenters. The highest BCUT2D eigenvalue weighted by Gasteiger charge is 2.35. The topological polar surface area (TPSA) is 149 Å². The molecule has 2 N–H and O–H groups in total. The summed E-state index contributed by atoms with van der Waals surface area (Å²) in [5.74, 6) is -0.751. The fourth-order valence-electron chi connectivity index (χ4n) is 2.21. The number of nitrogens with zero attached hydrogens (tertiary/aromatic N) is 3. The second-order valence-corrected chi connectivity index (χ2v) is 7.41. The van der Waals surface area contributed by atoms with E-state index in [0.29, 0.717) is 0 Å². The molecular weight excluding hydrogens is 406 g/mol. The molecule has 2 rings (SSSR count). The SMILES string of the molecule is CCOC(=O)C1=CCN(C)C=C1S(=O)(=O)C(=O)NNc1nc(OC)cc(OC)n1. The van der Waals surface area contributed by atoms with Gasteiger partial charge in [-0.25, -0.2) is 13.2 Å². The van der Waals surface area contributed by atoms with Crippen LogP contribution in [0, 0.1) is 0 Å². The standard InChI is InChI=1S/C16H21N5O7S/c1-5-28-14(22)10-6-7-21(2)9-11(10)29(24,25)16(23)20-19-15-17-12(26-3)8-13(18-15)27-4/h6,8-9H,5,7H2,1-4H3,(H,20,23)(H,17,18,19). The average Bonchev–Trinajstić information content (AvgIpc) is 2.71. The van der Waals surface area contributed by atoms with Gasteiger partial charge in [-0.05, 0) is 13.0 Å². The molecule has 0 aliphatic carbocycles. The number of aromatic nitrogens is 2. The van der Waals surface area contributed by atoms with Gasteiger partial charge in [-0.2, -0.15) is 9.97 Å². The second-order valence-electron chi connectivity index (χ2n) is 5.59. The van der Waals surface area contributed by atoms with Gasteiger partial charge in [0.2, 0.25) is 17.7 Å². The maximum absolute atomic E-state index is 12.7. The first-order valence-electron chi connectivity index (χ1n) is 8.30. The molecule has 12 nitrogen and oxygen atoms in total. The lowest BCUT2D eigenvalue weighted by atomic mass is 10.2. The molecule has 0 radical (unpaired) electrons.